The van der Waals surface area contributed by atoms with Crippen LogP contribution in [0, 0.1) is 0 Å². The summed E-state index contributed by atoms with van der Waals surface area (Å²) in [5.41, 5.74) is 0. The van der Waals surface area contributed by atoms with Crippen molar-refractivity contribution < 1.29 is 33.7 Å². The summed E-state index contributed by atoms with van der Waals surface area (Å²) >= 11 is 0. The van der Waals surface area contributed by atoms with Gasteiger partial charge in [-0.2, -0.15) is 0 Å². The number of hydrogen-bond donors (Lipinski definition) is 5. The maximum absolute atomic E-state index is 8.69. The topological polar surface area (TPSA) is 120 Å². The lowest BCUT2D eigenvalue weighted by Crippen LogP contribution is -2.17. The van der Waals surface area contributed by atoms with Crippen molar-refractivity contribution in [1.29, 1.82) is 0 Å². The minimum atomic E-state index is -2.67. The SMILES string of the molecule is OCC(O)COP(O)OP(O)O. The molecule has 0 aromatic rings. The monoisotopic (exact) mass is 220 g/mol. The van der Waals surface area contributed by atoms with Crippen molar-refractivity contribution in [3.63, 3.8) is 0 Å². The van der Waals surface area contributed by atoms with E-state index in [9.17, 15) is 0 Å². The van der Waals surface area contributed by atoms with Crippen LogP contribution in [0.1, 0.15) is 0 Å². The van der Waals surface area contributed by atoms with Gasteiger partial charge in [-0.15, -0.1) is 0 Å². The highest BCUT2D eigenvalue weighted by Crippen LogP contribution is 2.46. The van der Waals surface area contributed by atoms with E-state index >= 15 is 0 Å². The molecule has 9 heteroatoms. The molecule has 0 aliphatic heterocycles. The summed E-state index contributed by atoms with van der Waals surface area (Å²) in [6, 6.07) is 0. The predicted molar refractivity (Wildman–Crippen MR) is 40.6 cm³/mol. The van der Waals surface area contributed by atoms with Crippen molar-refractivity contribution in [3.05, 3.63) is 0 Å². The molecule has 0 aliphatic carbocycles. The van der Waals surface area contributed by atoms with E-state index in [0.29, 0.717) is 0 Å². The molecule has 0 amide bonds. The van der Waals surface area contributed by atoms with Gasteiger partial charge in [-0.25, -0.2) is 4.31 Å². The Bertz CT molecular complexity index is 111. The summed E-state index contributed by atoms with van der Waals surface area (Å²) in [5.74, 6) is 0. The molecule has 74 valence electrons. The third kappa shape index (κ3) is 7.24. The van der Waals surface area contributed by atoms with Crippen molar-refractivity contribution in [2.75, 3.05) is 13.2 Å². The van der Waals surface area contributed by atoms with E-state index in [1.54, 1.807) is 0 Å². The van der Waals surface area contributed by atoms with Crippen LogP contribution in [-0.2, 0) is 8.83 Å². The first kappa shape index (κ1) is 12.6. The Labute approximate surface area is 71.2 Å². The van der Waals surface area contributed by atoms with Crippen LogP contribution in [0.3, 0.4) is 0 Å². The lowest BCUT2D eigenvalue weighted by molar-refractivity contribution is 0.0496. The molecule has 0 aromatic carbocycles. The summed E-state index contributed by atoms with van der Waals surface area (Å²) < 4.78 is 8.42. The largest absolute Gasteiger partial charge is 0.394 e. The van der Waals surface area contributed by atoms with Gasteiger partial charge in [0, 0.05) is 0 Å². The average molecular weight is 220 g/mol. The van der Waals surface area contributed by atoms with E-state index in [4.69, 9.17) is 24.9 Å². The second kappa shape index (κ2) is 7.03. The molecule has 5 N–H and O–H groups in total. The normalized spacial score (nSPS) is 16.5. The van der Waals surface area contributed by atoms with Crippen molar-refractivity contribution in [2.45, 2.75) is 6.10 Å². The molecule has 0 spiro atoms. The van der Waals surface area contributed by atoms with E-state index in [-0.39, 0.29) is 6.61 Å². The smallest absolute Gasteiger partial charge is 0.337 e. The Kier molecular flexibility index (Phi) is 7.37. The molecule has 12 heavy (non-hydrogen) atoms. The van der Waals surface area contributed by atoms with Gasteiger partial charge in [0.2, 0.25) is 0 Å². The summed E-state index contributed by atoms with van der Waals surface area (Å²) in [5, 5.41) is 17.0. The van der Waals surface area contributed by atoms with Crippen molar-refractivity contribution >= 4 is 17.2 Å². The fourth-order valence-electron chi connectivity index (χ4n) is 0.289. The van der Waals surface area contributed by atoms with Crippen molar-refractivity contribution in [3.8, 4) is 0 Å². The van der Waals surface area contributed by atoms with Gasteiger partial charge in [-0.1, -0.05) is 0 Å². The third-order valence-electron chi connectivity index (χ3n) is 0.731. The van der Waals surface area contributed by atoms with E-state index in [2.05, 4.69) is 8.83 Å². The molecule has 0 fully saturated rings. The van der Waals surface area contributed by atoms with Crippen molar-refractivity contribution in [2.24, 2.45) is 0 Å². The molecule has 0 aromatic heterocycles. The molecule has 0 heterocycles. The van der Waals surface area contributed by atoms with Gasteiger partial charge in [-0.3, -0.25) is 0 Å². The van der Waals surface area contributed by atoms with E-state index < -0.39 is 29.9 Å². The first-order valence-electron chi connectivity index (χ1n) is 2.83. The van der Waals surface area contributed by atoms with Gasteiger partial charge in [0.05, 0.1) is 13.2 Å². The second-order valence-electron chi connectivity index (χ2n) is 1.70. The number of aliphatic hydroxyl groups excluding tert-OH is 2. The lowest BCUT2D eigenvalue weighted by Gasteiger charge is -2.12. The summed E-state index contributed by atoms with van der Waals surface area (Å²) in [6.07, 6.45) is -1.12. The summed E-state index contributed by atoms with van der Waals surface area (Å²) in [6.45, 7) is -0.835. The maximum Gasteiger partial charge on any atom is 0.337 e. The predicted octanol–water partition coefficient (Wildman–Crippen LogP) is -1.20. The molecule has 0 bridgehead atoms. The Morgan fingerprint density at radius 3 is 2.25 bits per heavy atom. The van der Waals surface area contributed by atoms with Gasteiger partial charge in [0.1, 0.15) is 6.10 Å². The highest BCUT2D eigenvalue weighted by molar-refractivity contribution is 7.54. The van der Waals surface area contributed by atoms with Crippen LogP contribution < -0.4 is 0 Å². The molecular formula is C3H10O7P2. The second-order valence-corrected chi connectivity index (χ2v) is 3.60. The number of hydrogen-bond acceptors (Lipinski definition) is 7. The molecule has 2 atom stereocenters. The summed E-state index contributed by atoms with van der Waals surface area (Å²) in [4.78, 5) is 25.1. The molecule has 0 radical (unpaired) electrons. The standard InChI is InChI=1S/C3H10O7P2/c4-1-3(5)2-9-12(8)10-11(6)7/h3-8H,1-2H2. The Morgan fingerprint density at radius 1 is 1.25 bits per heavy atom. The molecule has 0 saturated carbocycles. The van der Waals surface area contributed by atoms with Gasteiger partial charge < -0.3 is 29.4 Å². The van der Waals surface area contributed by atoms with Crippen LogP contribution in [-0.4, -0.2) is 44.2 Å². The Hall–Kier alpha value is 0.580. The minimum absolute atomic E-state index is 0.331. The quantitative estimate of drug-likeness (QED) is 0.357. The summed E-state index contributed by atoms with van der Waals surface area (Å²) in [7, 11) is -5.07. The maximum atomic E-state index is 8.69. The minimum Gasteiger partial charge on any atom is -0.394 e. The fraction of sp³-hybridized carbons (Fsp3) is 1.00. The highest BCUT2D eigenvalue weighted by atomic mass is 31.2. The van der Waals surface area contributed by atoms with Gasteiger partial charge in [0.25, 0.3) is 0 Å². The van der Waals surface area contributed by atoms with Crippen LogP contribution >= 0.6 is 17.2 Å². The van der Waals surface area contributed by atoms with Crippen LogP contribution in [0.5, 0.6) is 0 Å². The number of rotatable bonds is 6. The Balaban J connectivity index is 3.36. The fourth-order valence-corrected chi connectivity index (χ4v) is 1.28. The molecule has 7 nitrogen and oxygen atoms in total. The zero-order valence-corrected chi connectivity index (χ0v) is 7.73. The van der Waals surface area contributed by atoms with Gasteiger partial charge in [-0.05, 0) is 0 Å². The van der Waals surface area contributed by atoms with Gasteiger partial charge in [0.15, 0.2) is 0 Å². The molecule has 2 unspecified atom stereocenters. The van der Waals surface area contributed by atoms with E-state index in [0.717, 1.165) is 0 Å². The van der Waals surface area contributed by atoms with E-state index in [1.165, 1.54) is 0 Å². The first-order valence-corrected chi connectivity index (χ1v) is 5.12. The van der Waals surface area contributed by atoms with Crippen LogP contribution in [0.15, 0.2) is 0 Å². The average Bonchev–Trinajstić information content (AvgIpc) is 1.99. The highest BCUT2D eigenvalue weighted by Gasteiger charge is 2.14. The zero-order chi connectivity index (χ0) is 9.56. The van der Waals surface area contributed by atoms with Crippen molar-refractivity contribution in [1.82, 2.24) is 0 Å². The molecule has 0 rings (SSSR count). The van der Waals surface area contributed by atoms with Crippen LogP contribution in [0.2, 0.25) is 0 Å². The molecule has 0 aliphatic rings. The number of aliphatic hydroxyl groups is 2. The lowest BCUT2D eigenvalue weighted by atomic mass is 10.4. The third-order valence-corrected chi connectivity index (χ3v) is 2.24. The first-order chi connectivity index (χ1) is 5.56. The zero-order valence-electron chi connectivity index (χ0n) is 5.94. The molecular weight excluding hydrogens is 210 g/mol. The van der Waals surface area contributed by atoms with Crippen LogP contribution in [0.25, 0.3) is 0 Å². The van der Waals surface area contributed by atoms with E-state index in [1.807, 2.05) is 0 Å². The Morgan fingerprint density at radius 2 is 1.83 bits per heavy atom. The molecule has 0 saturated heterocycles. The van der Waals surface area contributed by atoms with Gasteiger partial charge >= 0.3 is 17.2 Å². The van der Waals surface area contributed by atoms with Crippen LogP contribution in [0.4, 0.5) is 0 Å².